The van der Waals surface area contributed by atoms with Crippen LogP contribution in [0, 0.1) is 0 Å². The summed E-state index contributed by atoms with van der Waals surface area (Å²) in [5.41, 5.74) is 0.637. The zero-order chi connectivity index (χ0) is 26.9. The smallest absolute Gasteiger partial charge is 0.407 e. The normalized spacial score (nSPS) is 13.8. The Morgan fingerprint density at radius 1 is 0.944 bits per heavy atom. The topological polar surface area (TPSA) is 136 Å². The van der Waals surface area contributed by atoms with Crippen LogP contribution in [0.3, 0.4) is 0 Å². The molecule has 0 saturated carbocycles. The first-order valence-corrected chi connectivity index (χ1v) is 11.5. The molecule has 2 aromatic carbocycles. The van der Waals surface area contributed by atoms with Crippen molar-refractivity contribution in [2.24, 2.45) is 0 Å². The summed E-state index contributed by atoms with van der Waals surface area (Å²) in [6, 6.07) is 10.1. The first-order valence-electron chi connectivity index (χ1n) is 11.5. The summed E-state index contributed by atoms with van der Waals surface area (Å²) < 4.78 is 21.5. The monoisotopic (exact) mass is 504 g/mol. The summed E-state index contributed by atoms with van der Waals surface area (Å²) in [7, 11) is 4.43. The second-order valence-electron chi connectivity index (χ2n) is 9.12. The van der Waals surface area contributed by atoms with Crippen LogP contribution in [0.2, 0.25) is 0 Å². The molecule has 0 saturated heterocycles. The van der Waals surface area contributed by atoms with Gasteiger partial charge in [-0.3, -0.25) is 10.1 Å². The van der Waals surface area contributed by atoms with Crippen molar-refractivity contribution in [2.45, 2.75) is 57.5 Å². The number of methoxy groups -OCH3 is 3. The molecule has 36 heavy (non-hydrogen) atoms. The molecule has 10 nitrogen and oxygen atoms in total. The Bertz CT molecular complexity index is 1010. The first-order chi connectivity index (χ1) is 17.0. The maximum Gasteiger partial charge on any atom is 0.407 e. The Balaban J connectivity index is 2.29. The number of amides is 1. The number of hydrogen-bond donors (Lipinski definition) is 4. The number of ether oxygens (including phenoxy) is 4. The van der Waals surface area contributed by atoms with E-state index in [-0.39, 0.29) is 13.0 Å². The van der Waals surface area contributed by atoms with Crippen molar-refractivity contribution in [3.63, 3.8) is 0 Å². The molecule has 0 aromatic heterocycles. The molecule has 0 fully saturated rings. The highest BCUT2D eigenvalue weighted by atomic mass is 16.6. The lowest BCUT2D eigenvalue weighted by Crippen LogP contribution is -2.57. The second kappa shape index (κ2) is 13.0. The Kier molecular flexibility index (Phi) is 10.4. The summed E-state index contributed by atoms with van der Waals surface area (Å²) in [6.07, 6.45) is -2.07. The van der Waals surface area contributed by atoms with E-state index in [0.29, 0.717) is 22.8 Å². The van der Waals surface area contributed by atoms with Crippen LogP contribution in [0.1, 0.15) is 31.9 Å². The van der Waals surface area contributed by atoms with Gasteiger partial charge in [-0.25, -0.2) is 4.79 Å². The van der Waals surface area contributed by atoms with E-state index in [2.05, 4.69) is 10.6 Å². The molecular weight excluding hydrogens is 468 g/mol. The number of carboxylic acids is 1. The molecule has 0 aliphatic carbocycles. The fourth-order valence-corrected chi connectivity index (χ4v) is 3.69. The molecule has 0 radical (unpaired) electrons. The molecule has 10 heteroatoms. The number of alkyl carbamates (subject to hydrolysis) is 1. The minimum atomic E-state index is -1.50. The third kappa shape index (κ3) is 8.03. The first kappa shape index (κ1) is 28.7. The van der Waals surface area contributed by atoms with Gasteiger partial charge in [0.05, 0.1) is 27.4 Å². The molecule has 0 aliphatic heterocycles. The number of rotatable bonds is 12. The molecule has 4 N–H and O–H groups in total. The van der Waals surface area contributed by atoms with Crippen molar-refractivity contribution in [1.29, 1.82) is 0 Å². The average Bonchev–Trinajstić information content (AvgIpc) is 2.82. The fourth-order valence-electron chi connectivity index (χ4n) is 3.69. The van der Waals surface area contributed by atoms with Crippen molar-refractivity contribution in [1.82, 2.24) is 10.6 Å². The van der Waals surface area contributed by atoms with Crippen LogP contribution in [-0.2, 0) is 22.5 Å². The highest BCUT2D eigenvalue weighted by molar-refractivity contribution is 5.75. The van der Waals surface area contributed by atoms with Crippen molar-refractivity contribution in [3.8, 4) is 17.2 Å². The molecule has 3 atom stereocenters. The summed E-state index contributed by atoms with van der Waals surface area (Å²) in [5.74, 6) is -0.0978. The SMILES string of the molecule is COc1ccc(CN[C@@H](C(=O)O)[C@@H](O)[C@H](Cc2ccccc2)NC(=O)OC(C)(C)C)c(OC)c1OC. The lowest BCUT2D eigenvalue weighted by molar-refractivity contribution is -0.143. The van der Waals surface area contributed by atoms with E-state index in [1.807, 2.05) is 30.3 Å². The van der Waals surface area contributed by atoms with Gasteiger partial charge in [-0.2, -0.15) is 0 Å². The number of nitrogens with one attached hydrogen (secondary N) is 2. The van der Waals surface area contributed by atoms with Crippen molar-refractivity contribution in [2.75, 3.05) is 21.3 Å². The molecule has 0 unspecified atom stereocenters. The summed E-state index contributed by atoms with van der Waals surface area (Å²) in [6.45, 7) is 5.18. The zero-order valence-electron chi connectivity index (χ0n) is 21.5. The highest BCUT2D eigenvalue weighted by Gasteiger charge is 2.35. The largest absolute Gasteiger partial charge is 0.493 e. The van der Waals surface area contributed by atoms with Gasteiger partial charge in [-0.1, -0.05) is 36.4 Å². The van der Waals surface area contributed by atoms with Gasteiger partial charge in [-0.15, -0.1) is 0 Å². The van der Waals surface area contributed by atoms with E-state index >= 15 is 0 Å². The van der Waals surface area contributed by atoms with E-state index in [4.69, 9.17) is 18.9 Å². The predicted molar refractivity (Wildman–Crippen MR) is 134 cm³/mol. The lowest BCUT2D eigenvalue weighted by atomic mass is 9.96. The van der Waals surface area contributed by atoms with Crippen molar-refractivity contribution < 1.29 is 38.7 Å². The number of benzene rings is 2. The number of aliphatic hydroxyl groups excluding tert-OH is 1. The molecule has 0 spiro atoms. The quantitative estimate of drug-likeness (QED) is 0.344. The number of aliphatic carboxylic acids is 1. The molecule has 1 amide bonds. The van der Waals surface area contributed by atoms with Gasteiger partial charge >= 0.3 is 12.1 Å². The minimum Gasteiger partial charge on any atom is -0.493 e. The van der Waals surface area contributed by atoms with E-state index in [0.717, 1.165) is 5.56 Å². The average molecular weight is 505 g/mol. The predicted octanol–water partition coefficient (Wildman–Crippen LogP) is 2.75. The zero-order valence-corrected chi connectivity index (χ0v) is 21.5. The number of aliphatic hydroxyl groups is 1. The van der Waals surface area contributed by atoms with E-state index in [9.17, 15) is 19.8 Å². The molecule has 0 bridgehead atoms. The van der Waals surface area contributed by atoms with E-state index in [1.54, 1.807) is 32.9 Å². The van der Waals surface area contributed by atoms with Gasteiger partial charge in [0, 0.05) is 12.1 Å². The van der Waals surface area contributed by atoms with Crippen LogP contribution in [-0.4, -0.2) is 67.4 Å². The second-order valence-corrected chi connectivity index (χ2v) is 9.12. The number of hydrogen-bond acceptors (Lipinski definition) is 8. The number of carbonyl (C=O) groups is 2. The number of carboxylic acid groups (broad SMARTS) is 1. The van der Waals surface area contributed by atoms with Gasteiger partial charge in [0.15, 0.2) is 11.5 Å². The fraction of sp³-hybridized carbons (Fsp3) is 0.462. The third-order valence-electron chi connectivity index (χ3n) is 5.32. The van der Waals surface area contributed by atoms with Crippen LogP contribution in [0.25, 0.3) is 0 Å². The standard InChI is InChI=1S/C26H36N2O8/c1-26(2,3)36-25(32)28-18(14-16-10-8-7-9-11-16)21(29)20(24(30)31)27-15-17-12-13-19(33-4)23(35-6)22(17)34-5/h7-13,18,20-21,27,29H,14-15H2,1-6H3,(H,28,32)(H,30,31)/t18-,20+,21-/m0/s1. The number of carbonyl (C=O) groups excluding carboxylic acids is 1. The van der Waals surface area contributed by atoms with Gasteiger partial charge in [0.1, 0.15) is 17.7 Å². The van der Waals surface area contributed by atoms with Crippen molar-refractivity contribution in [3.05, 3.63) is 53.6 Å². The Morgan fingerprint density at radius 2 is 1.58 bits per heavy atom. The van der Waals surface area contributed by atoms with Crippen molar-refractivity contribution >= 4 is 12.1 Å². The van der Waals surface area contributed by atoms with Crippen LogP contribution >= 0.6 is 0 Å². The molecule has 2 aromatic rings. The van der Waals surface area contributed by atoms with Gasteiger partial charge < -0.3 is 34.5 Å². The lowest BCUT2D eigenvalue weighted by Gasteiger charge is -2.30. The molecular formula is C26H36N2O8. The summed E-state index contributed by atoms with van der Waals surface area (Å²) in [4.78, 5) is 24.7. The molecule has 0 heterocycles. The molecule has 0 aliphatic rings. The molecule has 2 rings (SSSR count). The van der Waals surface area contributed by atoms with Gasteiger partial charge in [0.25, 0.3) is 0 Å². The molecule has 198 valence electrons. The highest BCUT2D eigenvalue weighted by Crippen LogP contribution is 2.39. The summed E-state index contributed by atoms with van der Waals surface area (Å²) in [5, 5.41) is 26.6. The van der Waals surface area contributed by atoms with Crippen LogP contribution < -0.4 is 24.8 Å². The summed E-state index contributed by atoms with van der Waals surface area (Å²) >= 11 is 0. The van der Waals surface area contributed by atoms with Crippen LogP contribution in [0.4, 0.5) is 4.79 Å². The minimum absolute atomic E-state index is 0.0298. The third-order valence-corrected chi connectivity index (χ3v) is 5.32. The van der Waals surface area contributed by atoms with Gasteiger partial charge in [-0.05, 0) is 38.8 Å². The van der Waals surface area contributed by atoms with E-state index in [1.165, 1.54) is 21.3 Å². The Morgan fingerprint density at radius 3 is 2.11 bits per heavy atom. The van der Waals surface area contributed by atoms with Crippen LogP contribution in [0.5, 0.6) is 17.2 Å². The van der Waals surface area contributed by atoms with Crippen LogP contribution in [0.15, 0.2) is 42.5 Å². The maximum atomic E-state index is 12.5. The Hall–Kier alpha value is -3.50. The van der Waals surface area contributed by atoms with E-state index < -0.39 is 35.9 Å². The van der Waals surface area contributed by atoms with Gasteiger partial charge in [0.2, 0.25) is 5.75 Å². The maximum absolute atomic E-state index is 12.5. The Labute approximate surface area is 211 Å².